The highest BCUT2D eigenvalue weighted by Crippen LogP contribution is 2.25. The van der Waals surface area contributed by atoms with Crippen molar-refractivity contribution in [3.63, 3.8) is 0 Å². The lowest BCUT2D eigenvalue weighted by molar-refractivity contribution is -0.133. The summed E-state index contributed by atoms with van der Waals surface area (Å²) in [5.41, 5.74) is 8.16. The molecule has 3 N–H and O–H groups in total. The first-order valence-corrected chi connectivity index (χ1v) is 9.17. The van der Waals surface area contributed by atoms with E-state index in [-0.39, 0.29) is 17.6 Å². The van der Waals surface area contributed by atoms with Crippen LogP contribution in [0.4, 0.5) is 11.6 Å². The fourth-order valence-corrected chi connectivity index (χ4v) is 3.46. The number of carboxylic acids is 1. The monoisotopic (exact) mass is 374 g/mol. The molecule has 138 valence electrons. The number of benzene rings is 1. The Kier molecular flexibility index (Phi) is 6.97. The average Bonchev–Trinajstić information content (AvgIpc) is 2.58. The lowest BCUT2D eigenvalue weighted by atomic mass is 10.1. The average molecular weight is 374 g/mol. The smallest absolute Gasteiger partial charge is 0.313 e. The van der Waals surface area contributed by atoms with E-state index < -0.39 is 5.97 Å². The van der Waals surface area contributed by atoms with E-state index in [0.717, 1.165) is 28.7 Å². The molecule has 26 heavy (non-hydrogen) atoms. The van der Waals surface area contributed by atoms with Crippen molar-refractivity contribution in [1.29, 1.82) is 0 Å². The van der Waals surface area contributed by atoms with Gasteiger partial charge in [-0.25, -0.2) is 9.97 Å². The van der Waals surface area contributed by atoms with Crippen LogP contribution in [0.15, 0.2) is 35.4 Å². The highest BCUT2D eigenvalue weighted by atomic mass is 32.2. The summed E-state index contributed by atoms with van der Waals surface area (Å²) >= 11 is 1.13. The summed E-state index contributed by atoms with van der Waals surface area (Å²) in [6.45, 7) is 3.92. The Bertz CT molecular complexity index is 784. The molecule has 0 aliphatic carbocycles. The molecule has 0 saturated heterocycles. The summed E-state index contributed by atoms with van der Waals surface area (Å²) in [4.78, 5) is 32.9. The van der Waals surface area contributed by atoms with Gasteiger partial charge in [0.25, 0.3) is 0 Å². The second-order valence-corrected chi connectivity index (χ2v) is 6.71. The Morgan fingerprint density at radius 1 is 1.23 bits per heavy atom. The minimum absolute atomic E-state index is 0.0260. The summed E-state index contributed by atoms with van der Waals surface area (Å²) in [5.74, 6) is -0.898. The first-order valence-electron chi connectivity index (χ1n) is 8.19. The van der Waals surface area contributed by atoms with Crippen molar-refractivity contribution in [3.05, 3.63) is 41.6 Å². The van der Waals surface area contributed by atoms with Crippen molar-refractivity contribution in [2.24, 2.45) is 0 Å². The standard InChI is InChI=1S/C18H22N4O3S/c1-12-15(17(21-18(19)20-12)26-11-16(24)25)9-6-10-22(13(2)23)14-7-4-3-5-8-14/h3-5,7-8H,6,9-11H2,1-2H3,(H,24,25)(H2,19,20,21). The van der Waals surface area contributed by atoms with Gasteiger partial charge in [-0.1, -0.05) is 30.0 Å². The fourth-order valence-electron chi connectivity index (χ4n) is 2.62. The molecule has 0 saturated carbocycles. The second kappa shape index (κ2) is 9.19. The number of nitrogen functional groups attached to an aromatic ring is 1. The van der Waals surface area contributed by atoms with Gasteiger partial charge in [-0.15, -0.1) is 0 Å². The molecule has 2 aromatic rings. The van der Waals surface area contributed by atoms with Crippen LogP contribution in [-0.2, 0) is 16.0 Å². The van der Waals surface area contributed by atoms with E-state index in [9.17, 15) is 9.59 Å². The number of nitrogens with two attached hydrogens (primary N) is 1. The number of para-hydroxylation sites is 1. The minimum Gasteiger partial charge on any atom is -0.481 e. The number of anilines is 2. The maximum atomic E-state index is 12.0. The molecule has 8 heteroatoms. The number of rotatable bonds is 8. The lowest BCUT2D eigenvalue weighted by Crippen LogP contribution is -2.29. The molecule has 0 spiro atoms. The number of nitrogens with zero attached hydrogens (tertiary/aromatic N) is 3. The van der Waals surface area contributed by atoms with Crippen molar-refractivity contribution in [2.75, 3.05) is 22.9 Å². The van der Waals surface area contributed by atoms with Crippen molar-refractivity contribution in [2.45, 2.75) is 31.7 Å². The zero-order valence-electron chi connectivity index (χ0n) is 14.8. The molecule has 0 radical (unpaired) electrons. The maximum Gasteiger partial charge on any atom is 0.313 e. The Balaban J connectivity index is 2.10. The number of hydrogen-bond acceptors (Lipinski definition) is 6. The number of aromatic nitrogens is 2. The predicted molar refractivity (Wildman–Crippen MR) is 102 cm³/mol. The Hall–Kier alpha value is -2.61. The normalized spacial score (nSPS) is 10.5. The maximum absolute atomic E-state index is 12.0. The number of carboxylic acid groups (broad SMARTS) is 1. The molecule has 0 fully saturated rings. The van der Waals surface area contributed by atoms with Crippen LogP contribution < -0.4 is 10.6 Å². The van der Waals surface area contributed by atoms with Crippen molar-refractivity contribution >= 4 is 35.3 Å². The Labute approximate surface area is 156 Å². The van der Waals surface area contributed by atoms with E-state index in [1.165, 1.54) is 0 Å². The van der Waals surface area contributed by atoms with Gasteiger partial charge < -0.3 is 15.7 Å². The van der Waals surface area contributed by atoms with E-state index >= 15 is 0 Å². The minimum atomic E-state index is -0.914. The summed E-state index contributed by atoms with van der Waals surface area (Å²) in [6.07, 6.45) is 1.33. The van der Waals surface area contributed by atoms with Gasteiger partial charge in [-0.2, -0.15) is 0 Å². The molecule has 0 unspecified atom stereocenters. The third-order valence-electron chi connectivity index (χ3n) is 3.78. The number of aryl methyl sites for hydroxylation is 1. The molecule has 0 aliphatic rings. The van der Waals surface area contributed by atoms with Crippen LogP contribution in [0.2, 0.25) is 0 Å². The molecule has 1 amide bonds. The van der Waals surface area contributed by atoms with Gasteiger partial charge in [-0.3, -0.25) is 9.59 Å². The second-order valence-electron chi connectivity index (χ2n) is 5.74. The van der Waals surface area contributed by atoms with Crippen LogP contribution >= 0.6 is 11.8 Å². The fraction of sp³-hybridized carbons (Fsp3) is 0.333. The van der Waals surface area contributed by atoms with E-state index in [0.29, 0.717) is 24.4 Å². The highest BCUT2D eigenvalue weighted by Gasteiger charge is 2.15. The molecule has 1 heterocycles. The van der Waals surface area contributed by atoms with Crippen LogP contribution in [0.3, 0.4) is 0 Å². The van der Waals surface area contributed by atoms with Gasteiger partial charge in [0.1, 0.15) is 5.03 Å². The molecule has 0 atom stereocenters. The van der Waals surface area contributed by atoms with Gasteiger partial charge in [0.15, 0.2) is 0 Å². The van der Waals surface area contributed by atoms with E-state index in [4.69, 9.17) is 10.8 Å². The van der Waals surface area contributed by atoms with Crippen molar-refractivity contribution in [1.82, 2.24) is 9.97 Å². The summed E-state index contributed by atoms with van der Waals surface area (Å²) in [6, 6.07) is 9.48. The quantitative estimate of drug-likeness (QED) is 0.540. The first kappa shape index (κ1) is 19.7. The van der Waals surface area contributed by atoms with Crippen LogP contribution in [0.25, 0.3) is 0 Å². The summed E-state index contributed by atoms with van der Waals surface area (Å²) < 4.78 is 0. The van der Waals surface area contributed by atoms with E-state index in [2.05, 4.69) is 9.97 Å². The molecule has 1 aromatic carbocycles. The Morgan fingerprint density at radius 3 is 2.54 bits per heavy atom. The van der Waals surface area contributed by atoms with Crippen LogP contribution in [-0.4, -0.2) is 39.2 Å². The number of aliphatic carboxylic acids is 1. The molecular weight excluding hydrogens is 352 g/mol. The van der Waals surface area contributed by atoms with Crippen LogP contribution in [0.1, 0.15) is 24.6 Å². The molecule has 0 aliphatic heterocycles. The zero-order chi connectivity index (χ0) is 19.1. The first-order chi connectivity index (χ1) is 12.4. The number of amides is 1. The molecule has 2 rings (SSSR count). The third-order valence-corrected chi connectivity index (χ3v) is 4.78. The molecule has 7 nitrogen and oxygen atoms in total. The number of carbonyl (C=O) groups is 2. The van der Waals surface area contributed by atoms with Crippen LogP contribution in [0, 0.1) is 6.92 Å². The van der Waals surface area contributed by atoms with Gasteiger partial charge in [0.2, 0.25) is 11.9 Å². The SMILES string of the molecule is CC(=O)N(CCCc1c(C)nc(N)nc1SCC(=O)O)c1ccccc1. The Morgan fingerprint density at radius 2 is 1.92 bits per heavy atom. The number of carbonyl (C=O) groups excluding carboxylic acids is 1. The highest BCUT2D eigenvalue weighted by molar-refractivity contribution is 7.99. The van der Waals surface area contributed by atoms with Crippen molar-refractivity contribution < 1.29 is 14.7 Å². The summed E-state index contributed by atoms with van der Waals surface area (Å²) in [5, 5.41) is 9.49. The number of hydrogen-bond donors (Lipinski definition) is 2. The topological polar surface area (TPSA) is 109 Å². The largest absolute Gasteiger partial charge is 0.481 e. The van der Waals surface area contributed by atoms with Crippen molar-refractivity contribution in [3.8, 4) is 0 Å². The third kappa shape index (κ3) is 5.45. The van der Waals surface area contributed by atoms with Crippen LogP contribution in [0.5, 0.6) is 0 Å². The molecular formula is C18H22N4O3S. The zero-order valence-corrected chi connectivity index (χ0v) is 15.6. The molecule has 1 aromatic heterocycles. The summed E-state index contributed by atoms with van der Waals surface area (Å²) in [7, 11) is 0. The molecule has 0 bridgehead atoms. The lowest BCUT2D eigenvalue weighted by Gasteiger charge is -2.21. The van der Waals surface area contributed by atoms with E-state index in [1.807, 2.05) is 37.3 Å². The van der Waals surface area contributed by atoms with Gasteiger partial charge in [0.05, 0.1) is 5.75 Å². The predicted octanol–water partition coefficient (Wildman–Crippen LogP) is 2.53. The van der Waals surface area contributed by atoms with E-state index in [1.54, 1.807) is 11.8 Å². The van der Waals surface area contributed by atoms with Gasteiger partial charge in [-0.05, 0) is 31.9 Å². The van der Waals surface area contributed by atoms with Gasteiger partial charge >= 0.3 is 5.97 Å². The van der Waals surface area contributed by atoms with Gasteiger partial charge in [0, 0.05) is 30.4 Å². The number of thioether (sulfide) groups is 1.